The molecule has 0 spiro atoms. The third kappa shape index (κ3) is 9.83. The minimum atomic E-state index is -0.241. The van der Waals surface area contributed by atoms with Crippen molar-refractivity contribution in [3.05, 3.63) is 0 Å². The molecule has 0 bridgehead atoms. The van der Waals surface area contributed by atoms with Crippen molar-refractivity contribution in [2.45, 2.75) is 84.7 Å². The van der Waals surface area contributed by atoms with Gasteiger partial charge in [0.05, 0.1) is 12.5 Å². The topological polar surface area (TPSA) is 72.6 Å². The van der Waals surface area contributed by atoms with Gasteiger partial charge in [0.15, 0.2) is 0 Å². The Labute approximate surface area is 153 Å². The zero-order chi connectivity index (χ0) is 18.7. The van der Waals surface area contributed by atoms with Gasteiger partial charge in [0.25, 0.3) is 0 Å². The van der Waals surface area contributed by atoms with Crippen molar-refractivity contribution in [3.8, 4) is 0 Å². The van der Waals surface area contributed by atoms with Gasteiger partial charge in [0.1, 0.15) is 0 Å². The molecule has 0 aromatic rings. The maximum atomic E-state index is 12.1. The van der Waals surface area contributed by atoms with Crippen molar-refractivity contribution in [2.24, 2.45) is 17.6 Å². The number of rotatable bonds is 6. The van der Waals surface area contributed by atoms with Crippen LogP contribution >= 0.6 is 0 Å². The van der Waals surface area contributed by atoms with Crippen LogP contribution in [-0.2, 0) is 14.3 Å². The molecule has 1 heterocycles. The third-order valence-corrected chi connectivity index (χ3v) is 5.08. The molecular weight excluding hydrogens is 316 g/mol. The summed E-state index contributed by atoms with van der Waals surface area (Å²) in [5.41, 5.74) is 4.80. The summed E-state index contributed by atoms with van der Waals surface area (Å²) in [5, 5.41) is 0. The lowest BCUT2D eigenvalue weighted by Gasteiger charge is -2.28. The number of carbonyl (C=O) groups excluding carboxylic acids is 2. The first kappa shape index (κ1) is 21.9. The molecule has 2 rings (SSSR count). The highest BCUT2D eigenvalue weighted by Crippen LogP contribution is 2.24. The highest BCUT2D eigenvalue weighted by atomic mass is 16.5. The Morgan fingerprint density at radius 3 is 2.04 bits per heavy atom. The van der Waals surface area contributed by atoms with E-state index < -0.39 is 0 Å². The van der Waals surface area contributed by atoms with E-state index in [0.717, 1.165) is 25.6 Å². The Kier molecular flexibility index (Phi) is 10.8. The summed E-state index contributed by atoms with van der Waals surface area (Å²) in [6, 6.07) is 0. The summed E-state index contributed by atoms with van der Waals surface area (Å²) in [6.07, 6.45) is 11.0. The molecule has 2 amide bonds. The first-order valence-corrected chi connectivity index (χ1v) is 10.1. The minimum absolute atomic E-state index is 0.00926. The molecule has 2 fully saturated rings. The van der Waals surface area contributed by atoms with E-state index in [4.69, 9.17) is 10.5 Å². The summed E-state index contributed by atoms with van der Waals surface area (Å²) in [7, 11) is 0. The Balaban J connectivity index is 0.000000450. The molecule has 1 saturated carbocycles. The molecule has 2 N–H and O–H groups in total. The fourth-order valence-electron chi connectivity index (χ4n) is 3.23. The Morgan fingerprint density at radius 1 is 1.00 bits per heavy atom. The molecular formula is C20H38N2O3. The van der Waals surface area contributed by atoms with Gasteiger partial charge < -0.3 is 15.4 Å². The van der Waals surface area contributed by atoms with Gasteiger partial charge in [0.2, 0.25) is 11.8 Å². The van der Waals surface area contributed by atoms with E-state index in [-0.39, 0.29) is 23.8 Å². The van der Waals surface area contributed by atoms with E-state index >= 15 is 0 Å². The van der Waals surface area contributed by atoms with Crippen LogP contribution < -0.4 is 5.73 Å². The molecule has 1 aliphatic carbocycles. The average Bonchev–Trinajstić information content (AvgIpc) is 2.62. The van der Waals surface area contributed by atoms with Crippen LogP contribution in [0.1, 0.15) is 78.6 Å². The smallest absolute Gasteiger partial charge is 0.225 e. The van der Waals surface area contributed by atoms with E-state index in [1.807, 2.05) is 11.8 Å². The number of nitrogens with zero attached hydrogens (tertiary/aromatic N) is 1. The molecule has 146 valence electrons. The number of ether oxygens (including phenoxy) is 1. The van der Waals surface area contributed by atoms with Crippen LogP contribution in [0.15, 0.2) is 0 Å². The number of carbonyl (C=O) groups is 2. The Morgan fingerprint density at radius 2 is 1.52 bits per heavy atom. The van der Waals surface area contributed by atoms with E-state index in [1.54, 1.807) is 13.8 Å². The minimum Gasteiger partial charge on any atom is -0.378 e. The zero-order valence-electron chi connectivity index (χ0n) is 16.5. The fourth-order valence-corrected chi connectivity index (χ4v) is 3.23. The molecule has 0 aromatic carbocycles. The van der Waals surface area contributed by atoms with Gasteiger partial charge in [-0.05, 0) is 44.9 Å². The standard InChI is InChI=1S/C16H29NO2.C4H9NO/c1-14(19-13-15-8-4-2-5-9-15)12-16(18)17-10-6-3-7-11-17;1-3(2)4(5)6/h14-15H,2-13H2,1H3;3H,1-2H3,(H2,5,6). The summed E-state index contributed by atoms with van der Waals surface area (Å²) in [6.45, 7) is 8.34. The van der Waals surface area contributed by atoms with Crippen molar-refractivity contribution in [2.75, 3.05) is 19.7 Å². The Bertz CT molecular complexity index is 386. The van der Waals surface area contributed by atoms with Crippen LogP contribution in [0.3, 0.4) is 0 Å². The van der Waals surface area contributed by atoms with Crippen molar-refractivity contribution in [3.63, 3.8) is 0 Å². The summed E-state index contributed by atoms with van der Waals surface area (Å²) in [4.78, 5) is 24.0. The molecule has 1 aliphatic heterocycles. The monoisotopic (exact) mass is 354 g/mol. The first-order valence-electron chi connectivity index (χ1n) is 10.1. The number of primary amides is 1. The second kappa shape index (κ2) is 12.3. The highest BCUT2D eigenvalue weighted by molar-refractivity contribution is 5.76. The van der Waals surface area contributed by atoms with Crippen molar-refractivity contribution >= 4 is 11.8 Å². The second-order valence-corrected chi connectivity index (χ2v) is 7.85. The Hall–Kier alpha value is -1.10. The fraction of sp³-hybridized carbons (Fsp3) is 0.900. The number of hydrogen-bond donors (Lipinski definition) is 1. The number of hydrogen-bond acceptors (Lipinski definition) is 3. The molecule has 1 saturated heterocycles. The van der Waals surface area contributed by atoms with Crippen LogP contribution in [-0.4, -0.2) is 42.5 Å². The average molecular weight is 355 g/mol. The zero-order valence-corrected chi connectivity index (χ0v) is 16.5. The molecule has 2 aliphatic rings. The molecule has 0 aromatic heterocycles. The SMILES string of the molecule is CC(C)C(N)=O.CC(CC(=O)N1CCCCC1)OCC1CCCCC1. The first-order chi connectivity index (χ1) is 11.9. The number of likely N-dealkylation sites (tertiary alicyclic amines) is 1. The van der Waals surface area contributed by atoms with Crippen LogP contribution in [0.4, 0.5) is 0 Å². The van der Waals surface area contributed by atoms with Gasteiger partial charge in [-0.2, -0.15) is 0 Å². The molecule has 0 radical (unpaired) electrons. The van der Waals surface area contributed by atoms with Gasteiger partial charge >= 0.3 is 0 Å². The maximum Gasteiger partial charge on any atom is 0.225 e. The molecule has 1 unspecified atom stereocenters. The largest absolute Gasteiger partial charge is 0.378 e. The quantitative estimate of drug-likeness (QED) is 0.793. The molecule has 5 heteroatoms. The predicted molar refractivity (Wildman–Crippen MR) is 101 cm³/mol. The highest BCUT2D eigenvalue weighted by Gasteiger charge is 2.20. The van der Waals surface area contributed by atoms with Crippen LogP contribution in [0, 0.1) is 11.8 Å². The van der Waals surface area contributed by atoms with Crippen molar-refractivity contribution < 1.29 is 14.3 Å². The van der Waals surface area contributed by atoms with Crippen molar-refractivity contribution in [1.29, 1.82) is 0 Å². The number of piperidine rings is 1. The lowest BCUT2D eigenvalue weighted by atomic mass is 9.90. The molecule has 5 nitrogen and oxygen atoms in total. The second-order valence-electron chi connectivity index (χ2n) is 7.85. The van der Waals surface area contributed by atoms with Crippen LogP contribution in [0.2, 0.25) is 0 Å². The van der Waals surface area contributed by atoms with Gasteiger partial charge in [-0.25, -0.2) is 0 Å². The van der Waals surface area contributed by atoms with E-state index in [2.05, 4.69) is 0 Å². The summed E-state index contributed by atoms with van der Waals surface area (Å²) < 4.78 is 5.90. The number of amides is 2. The normalized spacial score (nSPS) is 19.9. The lowest BCUT2D eigenvalue weighted by molar-refractivity contribution is -0.135. The van der Waals surface area contributed by atoms with Crippen molar-refractivity contribution in [1.82, 2.24) is 4.90 Å². The predicted octanol–water partition coefficient (Wildman–Crippen LogP) is 3.50. The maximum absolute atomic E-state index is 12.1. The lowest BCUT2D eigenvalue weighted by Crippen LogP contribution is -2.37. The summed E-state index contributed by atoms with van der Waals surface area (Å²) >= 11 is 0. The molecule has 25 heavy (non-hydrogen) atoms. The van der Waals surface area contributed by atoms with Gasteiger partial charge in [-0.1, -0.05) is 33.1 Å². The summed E-state index contributed by atoms with van der Waals surface area (Å²) in [5.74, 6) is 0.775. The van der Waals surface area contributed by atoms with Crippen LogP contribution in [0.5, 0.6) is 0 Å². The van der Waals surface area contributed by atoms with E-state index in [0.29, 0.717) is 6.42 Å². The molecule has 1 atom stereocenters. The van der Waals surface area contributed by atoms with Gasteiger partial charge in [-0.3, -0.25) is 9.59 Å². The van der Waals surface area contributed by atoms with E-state index in [1.165, 1.54) is 51.4 Å². The van der Waals surface area contributed by atoms with Gasteiger partial charge in [-0.15, -0.1) is 0 Å². The third-order valence-electron chi connectivity index (χ3n) is 5.08. The number of nitrogens with two attached hydrogens (primary N) is 1. The van der Waals surface area contributed by atoms with Gasteiger partial charge in [0, 0.05) is 25.6 Å². The van der Waals surface area contributed by atoms with E-state index in [9.17, 15) is 9.59 Å². The van der Waals surface area contributed by atoms with Crippen LogP contribution in [0.25, 0.3) is 0 Å².